The minimum atomic E-state index is -0.505. The van der Waals surface area contributed by atoms with Crippen molar-refractivity contribution in [3.63, 3.8) is 0 Å². The maximum atomic E-state index is 12.2. The fourth-order valence-electron chi connectivity index (χ4n) is 1.80. The molecule has 0 bridgehead atoms. The van der Waals surface area contributed by atoms with E-state index in [0.29, 0.717) is 10.3 Å². The molecule has 0 radical (unpaired) electrons. The second kappa shape index (κ2) is 8.28. The summed E-state index contributed by atoms with van der Waals surface area (Å²) in [6, 6.07) is 7.54. The van der Waals surface area contributed by atoms with Crippen molar-refractivity contribution in [2.24, 2.45) is 0 Å². The summed E-state index contributed by atoms with van der Waals surface area (Å²) in [5.74, 6) is -0.505. The van der Waals surface area contributed by atoms with Crippen LogP contribution in [0.15, 0.2) is 33.4 Å². The summed E-state index contributed by atoms with van der Waals surface area (Å²) >= 11 is 5.96. The summed E-state index contributed by atoms with van der Waals surface area (Å²) in [7, 11) is 3.88. The van der Waals surface area contributed by atoms with Crippen LogP contribution in [-0.2, 0) is 4.79 Å². The van der Waals surface area contributed by atoms with E-state index in [2.05, 4.69) is 30.6 Å². The number of rotatable bonds is 5. The summed E-state index contributed by atoms with van der Waals surface area (Å²) in [5.41, 5.74) is 1.76. The second-order valence-electron chi connectivity index (χ2n) is 4.82. The summed E-state index contributed by atoms with van der Waals surface area (Å²) in [6.45, 7) is 0. The molecular weight excluding hydrogens is 410 g/mol. The van der Waals surface area contributed by atoms with Gasteiger partial charge in [0.05, 0.1) is 5.69 Å². The summed E-state index contributed by atoms with van der Waals surface area (Å²) < 4.78 is 4.94. The highest BCUT2D eigenvalue weighted by Gasteiger charge is 2.13. The molecule has 0 saturated heterocycles. The number of anilines is 2. The lowest BCUT2D eigenvalue weighted by atomic mass is 10.1. The molecule has 1 N–H and O–H groups in total. The molecule has 1 aromatic carbocycles. The SMILES string of the molecule is CSc1nsc(NC(=O)/C(C#N)=C\c2ccc(N(C)C)c(Br)c2)n1. The molecule has 1 heterocycles. The van der Waals surface area contributed by atoms with Gasteiger partial charge in [0.15, 0.2) is 0 Å². The molecule has 0 aliphatic rings. The van der Waals surface area contributed by atoms with E-state index in [-0.39, 0.29) is 5.57 Å². The third-order valence-corrected chi connectivity index (χ3v) is 4.87. The van der Waals surface area contributed by atoms with Gasteiger partial charge in [-0.25, -0.2) is 0 Å². The topological polar surface area (TPSA) is 81.9 Å². The van der Waals surface area contributed by atoms with Gasteiger partial charge in [0.1, 0.15) is 11.6 Å². The molecule has 1 amide bonds. The molecule has 2 aromatic rings. The molecule has 0 aliphatic heterocycles. The van der Waals surface area contributed by atoms with Crippen LogP contribution in [0.2, 0.25) is 0 Å². The summed E-state index contributed by atoms with van der Waals surface area (Å²) in [5, 5.41) is 12.8. The molecule has 0 saturated carbocycles. The number of halogens is 1. The molecule has 1 aromatic heterocycles. The standard InChI is InChI=1S/C15H14BrN5OS2/c1-21(2)12-5-4-9(7-11(12)16)6-10(8-17)13(22)18-14-19-15(23-3)20-24-14/h4-7H,1-3H3,(H,18,19,20,22)/b10-6-. The lowest BCUT2D eigenvalue weighted by Gasteiger charge is -2.14. The highest BCUT2D eigenvalue weighted by atomic mass is 79.9. The number of carbonyl (C=O) groups is 1. The first-order valence-electron chi connectivity index (χ1n) is 6.72. The zero-order valence-electron chi connectivity index (χ0n) is 13.2. The molecule has 0 spiro atoms. The predicted molar refractivity (Wildman–Crippen MR) is 102 cm³/mol. The maximum absolute atomic E-state index is 12.2. The van der Waals surface area contributed by atoms with Gasteiger partial charge >= 0.3 is 0 Å². The van der Waals surface area contributed by atoms with Gasteiger partial charge in [-0.15, -0.1) is 0 Å². The van der Waals surface area contributed by atoms with E-state index in [1.54, 1.807) is 0 Å². The van der Waals surface area contributed by atoms with Crippen LogP contribution < -0.4 is 10.2 Å². The second-order valence-corrected chi connectivity index (χ2v) is 7.20. The monoisotopic (exact) mass is 423 g/mol. The Bertz CT molecular complexity index is 826. The van der Waals surface area contributed by atoms with Gasteiger partial charge in [0, 0.05) is 30.1 Å². The molecular formula is C15H14BrN5OS2. The molecule has 9 heteroatoms. The van der Waals surface area contributed by atoms with E-state index in [0.717, 1.165) is 27.3 Å². The lowest BCUT2D eigenvalue weighted by Crippen LogP contribution is -2.13. The number of nitriles is 1. The predicted octanol–water partition coefficient (Wildman–Crippen LogP) is 3.63. The first kappa shape index (κ1) is 18.4. The Morgan fingerprint density at radius 2 is 2.25 bits per heavy atom. The maximum Gasteiger partial charge on any atom is 0.268 e. The summed E-state index contributed by atoms with van der Waals surface area (Å²) in [4.78, 5) is 18.3. The van der Waals surface area contributed by atoms with Crippen molar-refractivity contribution in [3.8, 4) is 6.07 Å². The van der Waals surface area contributed by atoms with Gasteiger partial charge in [-0.2, -0.15) is 14.6 Å². The Morgan fingerprint density at radius 3 is 2.79 bits per heavy atom. The third-order valence-electron chi connectivity index (χ3n) is 2.94. The van der Waals surface area contributed by atoms with Crippen LogP contribution in [0.4, 0.5) is 10.8 Å². The van der Waals surface area contributed by atoms with Crippen molar-refractivity contribution in [1.82, 2.24) is 9.36 Å². The Hall–Kier alpha value is -1.89. The van der Waals surface area contributed by atoms with Crippen LogP contribution in [-0.4, -0.2) is 35.6 Å². The molecule has 0 fully saturated rings. The van der Waals surface area contributed by atoms with Crippen LogP contribution in [0.1, 0.15) is 5.56 Å². The zero-order valence-corrected chi connectivity index (χ0v) is 16.4. The average molecular weight is 424 g/mol. The normalized spacial score (nSPS) is 11.0. The number of hydrogen-bond donors (Lipinski definition) is 1. The van der Waals surface area contributed by atoms with Crippen LogP contribution in [0.25, 0.3) is 6.08 Å². The Morgan fingerprint density at radius 1 is 1.50 bits per heavy atom. The first-order chi connectivity index (χ1) is 11.4. The van der Waals surface area contributed by atoms with Crippen LogP contribution in [0, 0.1) is 11.3 Å². The fourth-order valence-corrected chi connectivity index (χ4v) is 3.67. The first-order valence-corrected chi connectivity index (χ1v) is 9.51. The smallest absolute Gasteiger partial charge is 0.268 e. The van der Waals surface area contributed by atoms with Crippen molar-refractivity contribution in [3.05, 3.63) is 33.8 Å². The van der Waals surface area contributed by atoms with Gasteiger partial charge in [-0.3, -0.25) is 10.1 Å². The van der Waals surface area contributed by atoms with Gasteiger partial charge in [-0.1, -0.05) is 17.8 Å². The Kier molecular flexibility index (Phi) is 6.36. The number of nitrogens with zero attached hydrogens (tertiary/aromatic N) is 4. The number of amides is 1. The zero-order chi connectivity index (χ0) is 17.7. The van der Waals surface area contributed by atoms with E-state index in [4.69, 9.17) is 0 Å². The molecule has 0 unspecified atom stereocenters. The van der Waals surface area contributed by atoms with Crippen LogP contribution in [0.5, 0.6) is 0 Å². The van der Waals surface area contributed by atoms with Gasteiger partial charge in [0.2, 0.25) is 10.3 Å². The van der Waals surface area contributed by atoms with Crippen molar-refractivity contribution >= 4 is 62.0 Å². The van der Waals surface area contributed by atoms with E-state index in [1.165, 1.54) is 17.8 Å². The molecule has 6 nitrogen and oxygen atoms in total. The van der Waals surface area contributed by atoms with Crippen LogP contribution >= 0.6 is 39.2 Å². The van der Waals surface area contributed by atoms with Crippen molar-refractivity contribution < 1.29 is 4.79 Å². The molecule has 0 atom stereocenters. The van der Waals surface area contributed by atoms with E-state index in [1.807, 2.05) is 49.5 Å². The van der Waals surface area contributed by atoms with E-state index < -0.39 is 5.91 Å². The number of benzene rings is 1. The van der Waals surface area contributed by atoms with Gasteiger partial charge < -0.3 is 4.90 Å². The minimum Gasteiger partial charge on any atom is -0.377 e. The van der Waals surface area contributed by atoms with Gasteiger partial charge in [0.25, 0.3) is 5.91 Å². The van der Waals surface area contributed by atoms with Gasteiger partial charge in [-0.05, 0) is 46.0 Å². The lowest BCUT2D eigenvalue weighted by molar-refractivity contribution is -0.112. The Balaban J connectivity index is 2.20. The average Bonchev–Trinajstić information content (AvgIpc) is 2.99. The number of thioether (sulfide) groups is 1. The highest BCUT2D eigenvalue weighted by Crippen LogP contribution is 2.27. The molecule has 0 aliphatic carbocycles. The van der Waals surface area contributed by atoms with Crippen molar-refractivity contribution in [2.45, 2.75) is 5.16 Å². The quantitative estimate of drug-likeness (QED) is 0.449. The molecule has 2 rings (SSSR count). The van der Waals surface area contributed by atoms with Crippen LogP contribution in [0.3, 0.4) is 0 Å². The number of hydrogen-bond acceptors (Lipinski definition) is 7. The number of aromatic nitrogens is 2. The van der Waals surface area contributed by atoms with E-state index >= 15 is 0 Å². The largest absolute Gasteiger partial charge is 0.377 e. The number of nitrogens with one attached hydrogen (secondary N) is 1. The third kappa shape index (κ3) is 4.56. The molecule has 124 valence electrons. The van der Waals surface area contributed by atoms with E-state index in [9.17, 15) is 10.1 Å². The van der Waals surface area contributed by atoms with Crippen molar-refractivity contribution in [1.29, 1.82) is 5.26 Å². The number of carbonyl (C=O) groups excluding carboxylic acids is 1. The Labute approximate surface area is 156 Å². The minimum absolute atomic E-state index is 0.000375. The summed E-state index contributed by atoms with van der Waals surface area (Å²) in [6.07, 6.45) is 3.39. The highest BCUT2D eigenvalue weighted by molar-refractivity contribution is 9.10. The molecule has 24 heavy (non-hydrogen) atoms. The fraction of sp³-hybridized carbons (Fsp3) is 0.200. The van der Waals surface area contributed by atoms with Crippen molar-refractivity contribution in [2.75, 3.05) is 30.6 Å².